The molecule has 0 aromatic carbocycles. The third-order valence-corrected chi connectivity index (χ3v) is 3.86. The van der Waals surface area contributed by atoms with Gasteiger partial charge in [0.05, 0.1) is 12.2 Å². The van der Waals surface area contributed by atoms with Gasteiger partial charge >= 0.3 is 0 Å². The molecule has 1 aromatic rings. The molecule has 0 aliphatic heterocycles. The Morgan fingerprint density at radius 1 is 1.61 bits per heavy atom. The third-order valence-electron chi connectivity index (χ3n) is 2.99. The molecule has 1 aliphatic rings. The van der Waals surface area contributed by atoms with E-state index in [-0.39, 0.29) is 5.91 Å². The fourth-order valence-electron chi connectivity index (χ4n) is 1.99. The lowest BCUT2D eigenvalue weighted by Crippen LogP contribution is -2.35. The van der Waals surface area contributed by atoms with Gasteiger partial charge in [0, 0.05) is 11.9 Å². The molecule has 1 saturated carbocycles. The Balaban J connectivity index is 1.79. The largest absolute Gasteiger partial charge is 0.301 e. The minimum atomic E-state index is 0.0541. The Bertz CT molecular complexity index is 401. The fraction of sp³-hybridized carbons (Fsp3) is 0.692. The van der Waals surface area contributed by atoms with E-state index in [1.807, 2.05) is 12.3 Å². The van der Waals surface area contributed by atoms with Crippen LogP contribution in [0.15, 0.2) is 5.38 Å². The molecule has 1 N–H and O–H groups in total. The van der Waals surface area contributed by atoms with Crippen LogP contribution in [0.5, 0.6) is 0 Å². The number of carbonyl (C=O) groups is 1. The zero-order chi connectivity index (χ0) is 13.0. The maximum Gasteiger partial charge on any atom is 0.240 e. The van der Waals surface area contributed by atoms with Gasteiger partial charge in [-0.2, -0.15) is 0 Å². The van der Waals surface area contributed by atoms with Crippen molar-refractivity contribution in [1.82, 2.24) is 9.88 Å². The number of aryl methyl sites for hydroxylation is 1. The topological polar surface area (TPSA) is 45.2 Å². The Hall–Kier alpha value is -0.940. The quantitative estimate of drug-likeness (QED) is 0.825. The number of thiazole rings is 1. The number of anilines is 1. The van der Waals surface area contributed by atoms with Gasteiger partial charge in [-0.3, -0.25) is 9.69 Å². The van der Waals surface area contributed by atoms with Crippen LogP contribution in [-0.4, -0.2) is 35.4 Å². The summed E-state index contributed by atoms with van der Waals surface area (Å²) in [6.45, 7) is 6.65. The summed E-state index contributed by atoms with van der Waals surface area (Å²) in [5.74, 6) is 0.880. The Morgan fingerprint density at radius 3 is 2.94 bits per heavy atom. The highest BCUT2D eigenvalue weighted by molar-refractivity contribution is 7.13. The number of nitrogens with zero attached hydrogens (tertiary/aromatic N) is 2. The molecule has 0 atom stereocenters. The van der Waals surface area contributed by atoms with E-state index in [9.17, 15) is 4.79 Å². The fourth-order valence-corrected chi connectivity index (χ4v) is 2.69. The SMILES string of the molecule is CCCN(CC(=O)Nc1nc(C)cs1)CC1CC1. The maximum absolute atomic E-state index is 11.9. The van der Waals surface area contributed by atoms with E-state index in [4.69, 9.17) is 0 Å². The summed E-state index contributed by atoms with van der Waals surface area (Å²) in [5.41, 5.74) is 0.957. The zero-order valence-electron chi connectivity index (χ0n) is 11.1. The molecule has 1 heterocycles. The highest BCUT2D eigenvalue weighted by Crippen LogP contribution is 2.29. The Kier molecular flexibility index (Phi) is 4.72. The molecule has 5 heteroatoms. The smallest absolute Gasteiger partial charge is 0.240 e. The van der Waals surface area contributed by atoms with Gasteiger partial charge in [0.2, 0.25) is 5.91 Å². The first-order chi connectivity index (χ1) is 8.67. The summed E-state index contributed by atoms with van der Waals surface area (Å²) >= 11 is 1.48. The lowest BCUT2D eigenvalue weighted by Gasteiger charge is -2.20. The van der Waals surface area contributed by atoms with Crippen LogP contribution in [0.3, 0.4) is 0 Å². The predicted octanol–water partition coefficient (Wildman–Crippen LogP) is 2.51. The first kappa shape index (κ1) is 13.5. The van der Waals surface area contributed by atoms with E-state index in [1.165, 1.54) is 24.2 Å². The second kappa shape index (κ2) is 6.29. The number of hydrogen-bond donors (Lipinski definition) is 1. The van der Waals surface area contributed by atoms with Crippen molar-refractivity contribution in [3.63, 3.8) is 0 Å². The van der Waals surface area contributed by atoms with Crippen molar-refractivity contribution in [2.45, 2.75) is 33.1 Å². The molecule has 0 radical (unpaired) electrons. The normalized spacial score (nSPS) is 15.1. The van der Waals surface area contributed by atoms with Crippen LogP contribution in [0.2, 0.25) is 0 Å². The van der Waals surface area contributed by atoms with Gasteiger partial charge in [-0.05, 0) is 38.6 Å². The van der Waals surface area contributed by atoms with Gasteiger partial charge in [0.15, 0.2) is 5.13 Å². The van der Waals surface area contributed by atoms with Crippen molar-refractivity contribution in [3.05, 3.63) is 11.1 Å². The molecule has 1 amide bonds. The molecule has 2 rings (SSSR count). The molecular weight excluding hydrogens is 246 g/mol. The molecule has 1 aromatic heterocycles. The standard InChI is InChI=1S/C13H21N3OS/c1-3-6-16(7-11-4-5-11)8-12(17)15-13-14-10(2)9-18-13/h9,11H,3-8H2,1-2H3,(H,14,15,17). The summed E-state index contributed by atoms with van der Waals surface area (Å²) in [5, 5.41) is 5.53. The van der Waals surface area contributed by atoms with E-state index in [0.717, 1.165) is 31.1 Å². The number of hydrogen-bond acceptors (Lipinski definition) is 4. The third kappa shape index (κ3) is 4.38. The summed E-state index contributed by atoms with van der Waals surface area (Å²) in [7, 11) is 0. The minimum absolute atomic E-state index is 0.0541. The number of nitrogens with one attached hydrogen (secondary N) is 1. The molecule has 0 bridgehead atoms. The van der Waals surface area contributed by atoms with Crippen LogP contribution in [0.1, 0.15) is 31.9 Å². The molecule has 0 unspecified atom stereocenters. The molecule has 0 spiro atoms. The maximum atomic E-state index is 11.9. The Labute approximate surface area is 112 Å². The first-order valence-electron chi connectivity index (χ1n) is 6.61. The first-order valence-corrected chi connectivity index (χ1v) is 7.49. The van der Waals surface area contributed by atoms with Crippen molar-refractivity contribution < 1.29 is 4.79 Å². The van der Waals surface area contributed by atoms with Crippen molar-refractivity contribution in [2.75, 3.05) is 25.0 Å². The average Bonchev–Trinajstić information content (AvgIpc) is 3.02. The lowest BCUT2D eigenvalue weighted by atomic mass is 10.3. The van der Waals surface area contributed by atoms with Crippen molar-refractivity contribution in [3.8, 4) is 0 Å². The van der Waals surface area contributed by atoms with E-state index >= 15 is 0 Å². The summed E-state index contributed by atoms with van der Waals surface area (Å²) in [6, 6.07) is 0. The van der Waals surface area contributed by atoms with Gasteiger partial charge < -0.3 is 5.32 Å². The number of aromatic nitrogens is 1. The zero-order valence-corrected chi connectivity index (χ0v) is 11.9. The molecule has 1 aliphatic carbocycles. The van der Waals surface area contributed by atoms with Gasteiger partial charge in [0.25, 0.3) is 0 Å². The Morgan fingerprint density at radius 2 is 2.39 bits per heavy atom. The molecule has 100 valence electrons. The number of carbonyl (C=O) groups excluding carboxylic acids is 1. The van der Waals surface area contributed by atoms with E-state index in [0.29, 0.717) is 11.7 Å². The van der Waals surface area contributed by atoms with Crippen LogP contribution in [0.25, 0.3) is 0 Å². The van der Waals surface area contributed by atoms with Crippen LogP contribution in [0, 0.1) is 12.8 Å². The molecule has 18 heavy (non-hydrogen) atoms. The summed E-state index contributed by atoms with van der Waals surface area (Å²) in [4.78, 5) is 18.4. The summed E-state index contributed by atoms with van der Waals surface area (Å²) < 4.78 is 0. The lowest BCUT2D eigenvalue weighted by molar-refractivity contribution is -0.117. The number of amides is 1. The van der Waals surface area contributed by atoms with Gasteiger partial charge in [-0.15, -0.1) is 11.3 Å². The molecular formula is C13H21N3OS. The predicted molar refractivity (Wildman–Crippen MR) is 74.9 cm³/mol. The van der Waals surface area contributed by atoms with Gasteiger partial charge in [-0.25, -0.2) is 4.98 Å². The highest BCUT2D eigenvalue weighted by Gasteiger charge is 2.24. The second-order valence-corrected chi connectivity index (χ2v) is 5.88. The van der Waals surface area contributed by atoms with Gasteiger partial charge in [0.1, 0.15) is 0 Å². The molecule has 4 nitrogen and oxygen atoms in total. The van der Waals surface area contributed by atoms with E-state index in [2.05, 4.69) is 22.1 Å². The number of rotatable bonds is 7. The van der Waals surface area contributed by atoms with Crippen molar-refractivity contribution in [1.29, 1.82) is 0 Å². The van der Waals surface area contributed by atoms with E-state index in [1.54, 1.807) is 0 Å². The monoisotopic (exact) mass is 267 g/mol. The highest BCUT2D eigenvalue weighted by atomic mass is 32.1. The van der Waals surface area contributed by atoms with Crippen LogP contribution < -0.4 is 5.32 Å². The van der Waals surface area contributed by atoms with Crippen molar-refractivity contribution >= 4 is 22.4 Å². The minimum Gasteiger partial charge on any atom is -0.301 e. The van der Waals surface area contributed by atoms with Crippen LogP contribution in [0.4, 0.5) is 5.13 Å². The molecule has 0 saturated heterocycles. The van der Waals surface area contributed by atoms with Crippen LogP contribution >= 0.6 is 11.3 Å². The molecule has 1 fully saturated rings. The average molecular weight is 267 g/mol. The second-order valence-electron chi connectivity index (χ2n) is 5.02. The van der Waals surface area contributed by atoms with Crippen LogP contribution in [-0.2, 0) is 4.79 Å². The van der Waals surface area contributed by atoms with Gasteiger partial charge in [-0.1, -0.05) is 6.92 Å². The summed E-state index contributed by atoms with van der Waals surface area (Å²) in [6.07, 6.45) is 3.75. The van der Waals surface area contributed by atoms with E-state index < -0.39 is 0 Å². The van der Waals surface area contributed by atoms with Crippen molar-refractivity contribution in [2.24, 2.45) is 5.92 Å².